The Hall–Kier alpha value is -1.22. The van der Waals surface area contributed by atoms with Gasteiger partial charge in [0.25, 0.3) is 0 Å². The van der Waals surface area contributed by atoms with Crippen LogP contribution in [0.1, 0.15) is 75.3 Å². The average molecular weight is 353 g/mol. The summed E-state index contributed by atoms with van der Waals surface area (Å²) in [4.78, 5) is 2.81. The molecule has 6 rings (SSSR count). The van der Waals surface area contributed by atoms with Gasteiger partial charge >= 0.3 is 0 Å². The minimum absolute atomic E-state index is 0.347. The minimum atomic E-state index is 0.347. The van der Waals surface area contributed by atoms with E-state index in [1.54, 1.807) is 0 Å². The fraction of sp³-hybridized carbons (Fsp3) is 0.739. The van der Waals surface area contributed by atoms with Gasteiger partial charge in [-0.2, -0.15) is 0 Å². The van der Waals surface area contributed by atoms with Gasteiger partial charge < -0.3 is 10.4 Å². The summed E-state index contributed by atoms with van der Waals surface area (Å²) >= 11 is 0. The van der Waals surface area contributed by atoms with Crippen molar-refractivity contribution in [3.8, 4) is 5.75 Å². The van der Waals surface area contributed by atoms with Crippen LogP contribution in [0.5, 0.6) is 5.75 Å². The lowest BCUT2D eigenvalue weighted by atomic mass is 9.44. The van der Waals surface area contributed by atoms with Gasteiger partial charge in [0.2, 0.25) is 0 Å². The van der Waals surface area contributed by atoms with E-state index in [9.17, 15) is 5.11 Å². The topological polar surface area (TPSA) is 35.5 Å². The Morgan fingerprint density at radius 2 is 1.77 bits per heavy atom. The number of phenolic OH excluding ortho intramolecular Hbond substituents is 1. The SMILES string of the molecule is Oc1cc2c(cc1NC1CCCC1)CC1N3CCC24CCCCC14CC3. The number of nitrogens with zero attached hydrogens (tertiary/aromatic N) is 1. The molecule has 2 saturated heterocycles. The van der Waals surface area contributed by atoms with Crippen LogP contribution in [-0.2, 0) is 11.8 Å². The number of fused-ring (bicyclic) bond motifs is 1. The second kappa shape index (κ2) is 5.41. The van der Waals surface area contributed by atoms with Crippen LogP contribution in [0.4, 0.5) is 5.69 Å². The van der Waals surface area contributed by atoms with Crippen LogP contribution >= 0.6 is 0 Å². The maximum atomic E-state index is 10.9. The Balaban J connectivity index is 1.46. The van der Waals surface area contributed by atoms with E-state index in [0.29, 0.717) is 22.6 Å². The number of piperidine rings is 1. The zero-order chi connectivity index (χ0) is 17.4. The highest BCUT2D eigenvalue weighted by atomic mass is 16.3. The Morgan fingerprint density at radius 1 is 0.962 bits per heavy atom. The molecule has 26 heavy (non-hydrogen) atoms. The van der Waals surface area contributed by atoms with Crippen molar-refractivity contribution in [3.05, 3.63) is 23.3 Å². The number of rotatable bonds is 2. The zero-order valence-corrected chi connectivity index (χ0v) is 15.9. The highest BCUT2D eigenvalue weighted by Crippen LogP contribution is 2.67. The van der Waals surface area contributed by atoms with Crippen molar-refractivity contribution in [3.63, 3.8) is 0 Å². The van der Waals surface area contributed by atoms with E-state index in [0.717, 1.165) is 11.7 Å². The molecule has 0 amide bonds. The van der Waals surface area contributed by atoms with E-state index in [1.807, 2.05) is 0 Å². The number of phenols is 1. The third-order valence-corrected chi connectivity index (χ3v) is 9.04. The van der Waals surface area contributed by atoms with E-state index in [2.05, 4.69) is 22.3 Å². The maximum Gasteiger partial charge on any atom is 0.138 e. The summed E-state index contributed by atoms with van der Waals surface area (Å²) in [5.41, 5.74) is 4.92. The Kier molecular flexibility index (Phi) is 3.28. The number of nitrogens with one attached hydrogen (secondary N) is 1. The number of hydrogen-bond acceptors (Lipinski definition) is 3. The van der Waals surface area contributed by atoms with Crippen LogP contribution in [-0.4, -0.2) is 35.2 Å². The molecule has 0 radical (unpaired) electrons. The molecule has 2 heterocycles. The van der Waals surface area contributed by atoms with E-state index in [1.165, 1.54) is 94.8 Å². The van der Waals surface area contributed by atoms with Crippen molar-refractivity contribution in [2.24, 2.45) is 5.41 Å². The van der Waals surface area contributed by atoms with Crippen LogP contribution in [0, 0.1) is 5.41 Å². The number of aromatic hydroxyl groups is 1. The van der Waals surface area contributed by atoms with Crippen LogP contribution in [0.2, 0.25) is 0 Å². The van der Waals surface area contributed by atoms with E-state index in [4.69, 9.17) is 0 Å². The first kappa shape index (κ1) is 15.8. The van der Waals surface area contributed by atoms with Crippen molar-refractivity contribution in [1.82, 2.24) is 4.90 Å². The Morgan fingerprint density at radius 3 is 2.65 bits per heavy atom. The summed E-state index contributed by atoms with van der Waals surface area (Å²) < 4.78 is 0. The number of benzene rings is 1. The molecule has 5 aliphatic rings. The first-order chi connectivity index (χ1) is 12.7. The van der Waals surface area contributed by atoms with Crippen molar-refractivity contribution in [2.75, 3.05) is 18.4 Å². The molecule has 2 saturated carbocycles. The van der Waals surface area contributed by atoms with Gasteiger partial charge in [-0.1, -0.05) is 25.7 Å². The lowest BCUT2D eigenvalue weighted by molar-refractivity contribution is -0.0410. The Labute approximate surface area is 157 Å². The first-order valence-corrected chi connectivity index (χ1v) is 11.1. The van der Waals surface area contributed by atoms with Gasteiger partial charge in [-0.25, -0.2) is 0 Å². The predicted octanol–water partition coefficient (Wildman–Crippen LogP) is 4.58. The highest BCUT2D eigenvalue weighted by Gasteiger charge is 2.65. The van der Waals surface area contributed by atoms with Gasteiger partial charge in [0.1, 0.15) is 5.75 Å². The minimum Gasteiger partial charge on any atom is -0.506 e. The van der Waals surface area contributed by atoms with E-state index >= 15 is 0 Å². The molecule has 4 fully saturated rings. The van der Waals surface area contributed by atoms with Gasteiger partial charge in [0.15, 0.2) is 0 Å². The molecule has 140 valence electrons. The molecule has 4 bridgehead atoms. The summed E-state index contributed by atoms with van der Waals surface area (Å²) in [6, 6.07) is 5.85. The molecule has 2 aliphatic heterocycles. The van der Waals surface area contributed by atoms with Crippen molar-refractivity contribution >= 4 is 5.69 Å². The first-order valence-electron chi connectivity index (χ1n) is 11.1. The average Bonchev–Trinajstić information content (AvgIpc) is 3.23. The largest absolute Gasteiger partial charge is 0.506 e. The quantitative estimate of drug-likeness (QED) is 0.765. The standard InChI is InChI=1S/C23H32N2O/c26-20-15-18-16(13-19(20)24-17-5-1-2-6-17)14-21-23-8-4-3-7-22(18,23)9-11-25(21)12-10-23/h13,15,17,21,24,26H,1-12,14H2. The smallest absolute Gasteiger partial charge is 0.138 e. The van der Waals surface area contributed by atoms with E-state index < -0.39 is 0 Å². The fourth-order valence-electron chi connectivity index (χ4n) is 7.92. The van der Waals surface area contributed by atoms with Crippen molar-refractivity contribution in [2.45, 2.75) is 88.1 Å². The van der Waals surface area contributed by atoms with Crippen molar-refractivity contribution < 1.29 is 5.11 Å². The molecule has 1 aromatic rings. The van der Waals surface area contributed by atoms with Gasteiger partial charge in [-0.3, -0.25) is 4.90 Å². The summed E-state index contributed by atoms with van der Waals surface area (Å²) in [7, 11) is 0. The summed E-state index contributed by atoms with van der Waals surface area (Å²) in [5.74, 6) is 0.504. The molecule has 1 spiro atoms. The summed E-state index contributed by atoms with van der Waals surface area (Å²) in [6.07, 6.45) is 14.6. The third-order valence-electron chi connectivity index (χ3n) is 9.04. The summed E-state index contributed by atoms with van der Waals surface area (Å²) in [5, 5.41) is 14.6. The van der Waals surface area contributed by atoms with E-state index in [-0.39, 0.29) is 0 Å². The van der Waals surface area contributed by atoms with Gasteiger partial charge in [-0.15, -0.1) is 0 Å². The van der Waals surface area contributed by atoms with Crippen molar-refractivity contribution in [1.29, 1.82) is 0 Å². The van der Waals surface area contributed by atoms with Crippen LogP contribution in [0.3, 0.4) is 0 Å². The predicted molar refractivity (Wildman–Crippen MR) is 105 cm³/mol. The zero-order valence-electron chi connectivity index (χ0n) is 15.9. The maximum absolute atomic E-state index is 10.9. The second-order valence-corrected chi connectivity index (χ2v) is 9.85. The molecular formula is C23H32N2O. The highest BCUT2D eigenvalue weighted by molar-refractivity contribution is 5.63. The molecule has 4 unspecified atom stereocenters. The fourth-order valence-corrected chi connectivity index (χ4v) is 7.92. The number of hydrogen-bond donors (Lipinski definition) is 2. The van der Waals surface area contributed by atoms with Crippen LogP contribution < -0.4 is 5.32 Å². The Bertz CT molecular complexity index is 736. The molecule has 4 atom stereocenters. The lowest BCUT2D eigenvalue weighted by Crippen LogP contribution is -2.63. The monoisotopic (exact) mass is 352 g/mol. The molecule has 3 aliphatic carbocycles. The van der Waals surface area contributed by atoms with Gasteiger partial charge in [0.05, 0.1) is 5.69 Å². The summed E-state index contributed by atoms with van der Waals surface area (Å²) in [6.45, 7) is 2.58. The molecule has 0 aromatic heterocycles. The van der Waals surface area contributed by atoms with Gasteiger partial charge in [-0.05, 0) is 86.7 Å². The molecular weight excluding hydrogens is 320 g/mol. The molecule has 2 N–H and O–H groups in total. The molecule has 3 heteroatoms. The lowest BCUT2D eigenvalue weighted by Gasteiger charge is -2.62. The van der Waals surface area contributed by atoms with Crippen LogP contribution in [0.25, 0.3) is 0 Å². The number of anilines is 1. The normalized spacial score (nSPS) is 40.9. The molecule has 3 nitrogen and oxygen atoms in total. The van der Waals surface area contributed by atoms with Crippen LogP contribution in [0.15, 0.2) is 12.1 Å². The van der Waals surface area contributed by atoms with Gasteiger partial charge in [0, 0.05) is 17.5 Å². The second-order valence-electron chi connectivity index (χ2n) is 9.85. The third kappa shape index (κ3) is 1.88. The molecule has 1 aromatic carbocycles.